The molecule has 112 valence electrons. The Morgan fingerprint density at radius 1 is 1.48 bits per heavy atom. The van der Waals surface area contributed by atoms with Gasteiger partial charge in [0, 0.05) is 23.7 Å². The number of hydrogen-bond donors (Lipinski definition) is 1. The largest absolute Gasteiger partial charge is 0.345 e. The zero-order chi connectivity index (χ0) is 15.6. The van der Waals surface area contributed by atoms with Crippen molar-refractivity contribution in [2.45, 2.75) is 24.8 Å². The molecule has 0 aliphatic rings. The number of aryl methyl sites for hydroxylation is 2. The molecule has 0 bridgehead atoms. The Kier molecular flexibility index (Phi) is 4.96. The van der Waals surface area contributed by atoms with E-state index in [1.54, 1.807) is 22.5 Å². The molecule has 0 saturated heterocycles. The van der Waals surface area contributed by atoms with Gasteiger partial charge in [0.1, 0.15) is 0 Å². The summed E-state index contributed by atoms with van der Waals surface area (Å²) in [4.78, 5) is 13.4. The first-order valence-electron chi connectivity index (χ1n) is 6.57. The van der Waals surface area contributed by atoms with Crippen molar-refractivity contribution in [2.75, 3.05) is 6.26 Å². The smallest absolute Gasteiger partial charge is 0.253 e. The number of carbonyl (C=O) groups is 1. The van der Waals surface area contributed by atoms with Crippen LogP contribution in [-0.4, -0.2) is 21.9 Å². The lowest BCUT2D eigenvalue weighted by Gasteiger charge is -2.14. The second-order valence-electron chi connectivity index (χ2n) is 4.88. The number of thioether (sulfide) groups is 1. The van der Waals surface area contributed by atoms with Gasteiger partial charge in [-0.25, -0.2) is 0 Å². The summed E-state index contributed by atoms with van der Waals surface area (Å²) in [7, 11) is 1.86. The highest BCUT2D eigenvalue weighted by Crippen LogP contribution is 2.24. The normalized spacial score (nSPS) is 12.2. The van der Waals surface area contributed by atoms with Crippen LogP contribution in [0.5, 0.6) is 0 Å². The molecule has 1 aromatic heterocycles. The lowest BCUT2D eigenvalue weighted by molar-refractivity contribution is 0.0939. The number of benzene rings is 1. The van der Waals surface area contributed by atoms with Gasteiger partial charge < -0.3 is 5.32 Å². The minimum absolute atomic E-state index is 0.125. The zero-order valence-electron chi connectivity index (χ0n) is 12.5. The van der Waals surface area contributed by atoms with Gasteiger partial charge in [-0.1, -0.05) is 11.6 Å². The molecule has 1 atom stereocenters. The van der Waals surface area contributed by atoms with Crippen molar-refractivity contribution in [3.05, 3.63) is 46.2 Å². The Hall–Kier alpha value is -1.46. The lowest BCUT2D eigenvalue weighted by atomic mass is 10.1. The van der Waals surface area contributed by atoms with Crippen LogP contribution in [0.15, 0.2) is 29.3 Å². The number of aromatic nitrogens is 2. The summed E-state index contributed by atoms with van der Waals surface area (Å²) in [6.07, 6.45) is 3.88. The SMILES string of the molecule is CSc1ccc(Cl)c(C(=O)NC(C)c2cn(C)nc2C)c1. The van der Waals surface area contributed by atoms with Crippen LogP contribution < -0.4 is 5.32 Å². The average molecular weight is 324 g/mol. The molecule has 1 unspecified atom stereocenters. The third-order valence-electron chi connectivity index (χ3n) is 3.28. The Morgan fingerprint density at radius 3 is 2.76 bits per heavy atom. The highest BCUT2D eigenvalue weighted by atomic mass is 35.5. The summed E-state index contributed by atoms with van der Waals surface area (Å²) in [5.41, 5.74) is 2.41. The van der Waals surface area contributed by atoms with Gasteiger partial charge in [-0.15, -0.1) is 11.8 Å². The third kappa shape index (κ3) is 3.60. The van der Waals surface area contributed by atoms with E-state index in [2.05, 4.69) is 10.4 Å². The van der Waals surface area contributed by atoms with Crippen molar-refractivity contribution in [3.63, 3.8) is 0 Å². The topological polar surface area (TPSA) is 46.9 Å². The van der Waals surface area contributed by atoms with Gasteiger partial charge in [-0.3, -0.25) is 9.48 Å². The van der Waals surface area contributed by atoms with Crippen LogP contribution in [-0.2, 0) is 7.05 Å². The number of hydrogen-bond acceptors (Lipinski definition) is 3. The van der Waals surface area contributed by atoms with Crippen molar-refractivity contribution in [3.8, 4) is 0 Å². The summed E-state index contributed by atoms with van der Waals surface area (Å²) in [6.45, 7) is 3.87. The first kappa shape index (κ1) is 15.9. The van der Waals surface area contributed by atoms with Crippen LogP contribution in [0.3, 0.4) is 0 Å². The van der Waals surface area contributed by atoms with E-state index in [-0.39, 0.29) is 11.9 Å². The molecule has 21 heavy (non-hydrogen) atoms. The van der Waals surface area contributed by atoms with Gasteiger partial charge in [0.25, 0.3) is 5.91 Å². The monoisotopic (exact) mass is 323 g/mol. The number of carbonyl (C=O) groups excluding carboxylic acids is 1. The van der Waals surface area contributed by atoms with Crippen LogP contribution in [0.1, 0.15) is 34.6 Å². The Bertz CT molecular complexity index is 669. The predicted octanol–water partition coefficient (Wildman–Crippen LogP) is 3.59. The van der Waals surface area contributed by atoms with Gasteiger partial charge in [0.05, 0.1) is 22.3 Å². The molecule has 2 aromatic rings. The highest BCUT2D eigenvalue weighted by molar-refractivity contribution is 7.98. The molecule has 0 aliphatic heterocycles. The van der Waals surface area contributed by atoms with Gasteiger partial charge in [-0.2, -0.15) is 5.10 Å². The summed E-state index contributed by atoms with van der Waals surface area (Å²) >= 11 is 7.70. The predicted molar refractivity (Wildman–Crippen MR) is 87.1 cm³/mol. The van der Waals surface area contributed by atoms with E-state index < -0.39 is 0 Å². The summed E-state index contributed by atoms with van der Waals surface area (Å²) in [5.74, 6) is -0.174. The number of nitrogens with zero attached hydrogens (tertiary/aromatic N) is 2. The number of nitrogens with one attached hydrogen (secondary N) is 1. The minimum Gasteiger partial charge on any atom is -0.345 e. The fraction of sp³-hybridized carbons (Fsp3) is 0.333. The Balaban J connectivity index is 2.20. The van der Waals surface area contributed by atoms with E-state index >= 15 is 0 Å². The molecule has 0 radical (unpaired) electrons. The minimum atomic E-state index is -0.174. The van der Waals surface area contributed by atoms with Crippen molar-refractivity contribution < 1.29 is 4.79 Å². The van der Waals surface area contributed by atoms with Crippen LogP contribution in [0.2, 0.25) is 5.02 Å². The number of amides is 1. The van der Waals surface area contributed by atoms with E-state index in [4.69, 9.17) is 11.6 Å². The van der Waals surface area contributed by atoms with E-state index in [9.17, 15) is 4.79 Å². The molecule has 0 aliphatic carbocycles. The average Bonchev–Trinajstić information content (AvgIpc) is 2.78. The molecule has 1 amide bonds. The molecule has 0 spiro atoms. The molecule has 0 saturated carbocycles. The van der Waals surface area contributed by atoms with Crippen molar-refractivity contribution in [1.29, 1.82) is 0 Å². The summed E-state index contributed by atoms with van der Waals surface area (Å²) in [5, 5.41) is 7.72. The van der Waals surface area contributed by atoms with Gasteiger partial charge in [0.2, 0.25) is 0 Å². The molecule has 2 rings (SSSR count). The van der Waals surface area contributed by atoms with Crippen molar-refractivity contribution >= 4 is 29.3 Å². The van der Waals surface area contributed by atoms with E-state index in [1.165, 1.54) is 0 Å². The zero-order valence-corrected chi connectivity index (χ0v) is 14.0. The maximum absolute atomic E-state index is 12.4. The molecular weight excluding hydrogens is 306 g/mol. The maximum Gasteiger partial charge on any atom is 0.253 e. The van der Waals surface area contributed by atoms with E-state index in [0.717, 1.165) is 16.2 Å². The molecule has 1 aromatic carbocycles. The maximum atomic E-state index is 12.4. The molecule has 1 heterocycles. The fourth-order valence-corrected chi connectivity index (χ4v) is 2.84. The number of halogens is 1. The van der Waals surface area contributed by atoms with Crippen LogP contribution in [0, 0.1) is 6.92 Å². The standard InChI is InChI=1S/C15H18ClN3OS/c1-9(13-8-19(3)18-10(13)2)17-15(20)12-7-11(21-4)5-6-14(12)16/h5-9H,1-4H3,(H,17,20). The summed E-state index contributed by atoms with van der Waals surface area (Å²) in [6, 6.07) is 5.34. The van der Waals surface area contributed by atoms with Crippen LogP contribution in [0.25, 0.3) is 0 Å². The van der Waals surface area contributed by atoms with Gasteiger partial charge in [-0.05, 0) is 38.3 Å². The Labute approximate surface area is 133 Å². The van der Waals surface area contributed by atoms with Crippen LogP contribution in [0.4, 0.5) is 0 Å². The lowest BCUT2D eigenvalue weighted by Crippen LogP contribution is -2.27. The van der Waals surface area contributed by atoms with E-state index in [0.29, 0.717) is 10.6 Å². The highest BCUT2D eigenvalue weighted by Gasteiger charge is 2.17. The first-order valence-corrected chi connectivity index (χ1v) is 8.17. The third-order valence-corrected chi connectivity index (χ3v) is 4.34. The summed E-state index contributed by atoms with van der Waals surface area (Å²) < 4.78 is 1.74. The van der Waals surface area contributed by atoms with Crippen LogP contribution >= 0.6 is 23.4 Å². The second-order valence-corrected chi connectivity index (χ2v) is 6.17. The van der Waals surface area contributed by atoms with Gasteiger partial charge >= 0.3 is 0 Å². The van der Waals surface area contributed by atoms with Gasteiger partial charge in [0.15, 0.2) is 0 Å². The van der Waals surface area contributed by atoms with Crippen molar-refractivity contribution in [2.24, 2.45) is 7.05 Å². The molecular formula is C15H18ClN3OS. The fourth-order valence-electron chi connectivity index (χ4n) is 2.20. The Morgan fingerprint density at radius 2 is 2.19 bits per heavy atom. The van der Waals surface area contributed by atoms with Crippen molar-refractivity contribution in [1.82, 2.24) is 15.1 Å². The van der Waals surface area contributed by atoms with E-state index in [1.807, 2.05) is 45.5 Å². The molecule has 1 N–H and O–H groups in total. The first-order chi connectivity index (χ1) is 9.92. The molecule has 0 fully saturated rings. The quantitative estimate of drug-likeness (QED) is 0.875. The molecule has 6 heteroatoms. The molecule has 4 nitrogen and oxygen atoms in total. The second kappa shape index (κ2) is 6.54. The number of rotatable bonds is 4.